The molecule has 0 saturated heterocycles. The van der Waals surface area contributed by atoms with Gasteiger partial charge in [0.15, 0.2) is 5.82 Å². The molecule has 112 valence electrons. The van der Waals surface area contributed by atoms with E-state index < -0.39 is 0 Å². The Kier molecular flexibility index (Phi) is 5.64. The molecule has 1 aromatic heterocycles. The summed E-state index contributed by atoms with van der Waals surface area (Å²) in [7, 11) is 1.61. The molecule has 0 bridgehead atoms. The van der Waals surface area contributed by atoms with Gasteiger partial charge >= 0.3 is 0 Å². The van der Waals surface area contributed by atoms with Gasteiger partial charge in [-0.15, -0.1) is 0 Å². The third-order valence-corrected chi connectivity index (χ3v) is 3.66. The van der Waals surface area contributed by atoms with E-state index >= 15 is 0 Å². The van der Waals surface area contributed by atoms with Gasteiger partial charge in [0.05, 0.1) is 16.8 Å². The molecule has 0 saturated carbocycles. The molecule has 0 unspecified atom stereocenters. The van der Waals surface area contributed by atoms with Crippen LogP contribution < -0.4 is 5.32 Å². The fourth-order valence-corrected chi connectivity index (χ4v) is 2.28. The Hall–Kier alpha value is -1.53. The number of hydrogen-bond donors (Lipinski definition) is 1. The number of halogens is 2. The monoisotopic (exact) mass is 353 g/mol. The van der Waals surface area contributed by atoms with Gasteiger partial charge in [-0.3, -0.25) is 0 Å². The van der Waals surface area contributed by atoms with Crippen molar-refractivity contribution in [3.05, 3.63) is 40.2 Å². The van der Waals surface area contributed by atoms with Crippen molar-refractivity contribution in [2.24, 2.45) is 0 Å². The summed E-state index contributed by atoms with van der Waals surface area (Å²) in [5.74, 6) is 0.858. The normalized spacial score (nSPS) is 10.7. The summed E-state index contributed by atoms with van der Waals surface area (Å²) in [6, 6.07) is 6.25. The van der Waals surface area contributed by atoms with Crippen LogP contribution in [0.4, 0.5) is 10.2 Å². The summed E-state index contributed by atoms with van der Waals surface area (Å²) >= 11 is 3.49. The molecule has 4 nitrogen and oxygen atoms in total. The maximum absolute atomic E-state index is 13.4. The summed E-state index contributed by atoms with van der Waals surface area (Å²) in [4.78, 5) is 8.93. The lowest BCUT2D eigenvalue weighted by Gasteiger charge is -2.12. The zero-order valence-electron chi connectivity index (χ0n) is 12.0. The smallest absolute Gasteiger partial charge is 0.162 e. The molecule has 6 heteroatoms. The van der Waals surface area contributed by atoms with Crippen LogP contribution in [0.2, 0.25) is 0 Å². The summed E-state index contributed by atoms with van der Waals surface area (Å²) in [5.41, 5.74) is 1.37. The van der Waals surface area contributed by atoms with Crippen molar-refractivity contribution in [3.8, 4) is 11.4 Å². The molecule has 0 aliphatic carbocycles. The second-order valence-corrected chi connectivity index (χ2v) is 5.32. The first kappa shape index (κ1) is 15.9. The number of methoxy groups -OCH3 is 1. The second kappa shape index (κ2) is 7.47. The zero-order chi connectivity index (χ0) is 15.2. The highest BCUT2D eigenvalue weighted by Crippen LogP contribution is 2.28. The van der Waals surface area contributed by atoms with Crippen LogP contribution in [-0.2, 0) is 11.3 Å². The Labute approximate surface area is 131 Å². The largest absolute Gasteiger partial charge is 0.378 e. The maximum atomic E-state index is 13.4. The average molecular weight is 354 g/mol. The molecule has 1 aromatic carbocycles. The SMILES string of the molecule is CCCNc1nc(-c2cccc(F)c2)nc(COC)c1Br. The molecule has 0 amide bonds. The fourth-order valence-electron chi connectivity index (χ4n) is 1.84. The summed E-state index contributed by atoms with van der Waals surface area (Å²) in [5, 5.41) is 3.24. The standard InChI is InChI=1S/C15H17BrFN3O/c1-3-7-18-15-13(16)12(9-21-2)19-14(20-15)10-5-4-6-11(17)8-10/h4-6,8H,3,7,9H2,1-2H3,(H,18,19,20). The molecule has 21 heavy (non-hydrogen) atoms. The fraction of sp³-hybridized carbons (Fsp3) is 0.333. The lowest BCUT2D eigenvalue weighted by Crippen LogP contribution is -2.08. The Balaban J connectivity index is 2.47. The van der Waals surface area contributed by atoms with E-state index in [4.69, 9.17) is 4.74 Å². The molecule has 2 rings (SSSR count). The molecule has 1 heterocycles. The van der Waals surface area contributed by atoms with Crippen LogP contribution in [-0.4, -0.2) is 23.6 Å². The van der Waals surface area contributed by atoms with E-state index in [0.29, 0.717) is 23.8 Å². The van der Waals surface area contributed by atoms with E-state index in [9.17, 15) is 4.39 Å². The van der Waals surface area contributed by atoms with E-state index in [-0.39, 0.29) is 5.82 Å². The van der Waals surface area contributed by atoms with Gasteiger partial charge in [-0.1, -0.05) is 19.1 Å². The molecular weight excluding hydrogens is 337 g/mol. The number of rotatable bonds is 6. The van der Waals surface area contributed by atoms with Gasteiger partial charge in [0.1, 0.15) is 11.6 Å². The third kappa shape index (κ3) is 3.98. The predicted molar refractivity (Wildman–Crippen MR) is 84.6 cm³/mol. The van der Waals surface area contributed by atoms with Gasteiger partial charge in [0, 0.05) is 19.2 Å². The van der Waals surface area contributed by atoms with Crippen LogP contribution in [0, 0.1) is 5.82 Å². The first-order chi connectivity index (χ1) is 10.2. The van der Waals surface area contributed by atoms with Crippen LogP contribution >= 0.6 is 15.9 Å². The van der Waals surface area contributed by atoms with Gasteiger partial charge < -0.3 is 10.1 Å². The quantitative estimate of drug-likeness (QED) is 0.851. The molecule has 0 aliphatic rings. The lowest BCUT2D eigenvalue weighted by molar-refractivity contribution is 0.181. The van der Waals surface area contributed by atoms with Crippen LogP contribution in [0.3, 0.4) is 0 Å². The second-order valence-electron chi connectivity index (χ2n) is 4.53. The Bertz CT molecular complexity index is 622. The lowest BCUT2D eigenvalue weighted by atomic mass is 10.2. The topological polar surface area (TPSA) is 47.0 Å². The summed E-state index contributed by atoms with van der Waals surface area (Å²) in [6.45, 7) is 3.22. The number of hydrogen-bond acceptors (Lipinski definition) is 4. The summed E-state index contributed by atoms with van der Waals surface area (Å²) in [6.07, 6.45) is 0.978. The average Bonchev–Trinajstić information content (AvgIpc) is 2.48. The Morgan fingerprint density at radius 3 is 2.81 bits per heavy atom. The maximum Gasteiger partial charge on any atom is 0.162 e. The van der Waals surface area contributed by atoms with Crippen molar-refractivity contribution in [2.75, 3.05) is 19.0 Å². The van der Waals surface area contributed by atoms with Crippen molar-refractivity contribution in [2.45, 2.75) is 20.0 Å². The van der Waals surface area contributed by atoms with Gasteiger partial charge in [-0.2, -0.15) is 0 Å². The van der Waals surface area contributed by atoms with E-state index in [1.807, 2.05) is 0 Å². The van der Waals surface area contributed by atoms with Gasteiger partial charge in [0.25, 0.3) is 0 Å². The number of ether oxygens (including phenoxy) is 1. The minimum Gasteiger partial charge on any atom is -0.378 e. The molecular formula is C15H17BrFN3O. The molecule has 0 atom stereocenters. The van der Waals surface area contributed by atoms with Crippen LogP contribution in [0.5, 0.6) is 0 Å². The first-order valence-corrected chi connectivity index (χ1v) is 7.50. The van der Waals surface area contributed by atoms with Crippen molar-refractivity contribution in [1.82, 2.24) is 9.97 Å². The van der Waals surface area contributed by atoms with Crippen LogP contribution in [0.15, 0.2) is 28.7 Å². The molecule has 0 spiro atoms. The number of benzene rings is 1. The van der Waals surface area contributed by atoms with Crippen molar-refractivity contribution in [1.29, 1.82) is 0 Å². The minimum absolute atomic E-state index is 0.310. The Morgan fingerprint density at radius 2 is 2.14 bits per heavy atom. The predicted octanol–water partition coefficient (Wildman–Crippen LogP) is 4.01. The van der Waals surface area contributed by atoms with E-state index in [2.05, 4.69) is 38.1 Å². The van der Waals surface area contributed by atoms with Crippen molar-refractivity contribution >= 4 is 21.7 Å². The molecule has 0 fully saturated rings. The molecule has 0 radical (unpaired) electrons. The van der Waals surface area contributed by atoms with Crippen molar-refractivity contribution in [3.63, 3.8) is 0 Å². The highest BCUT2D eigenvalue weighted by molar-refractivity contribution is 9.10. The first-order valence-electron chi connectivity index (χ1n) is 6.70. The zero-order valence-corrected chi connectivity index (χ0v) is 13.6. The number of aromatic nitrogens is 2. The highest BCUT2D eigenvalue weighted by Gasteiger charge is 2.13. The van der Waals surface area contributed by atoms with Gasteiger partial charge in [-0.25, -0.2) is 14.4 Å². The van der Waals surface area contributed by atoms with E-state index in [0.717, 1.165) is 23.1 Å². The number of nitrogens with zero attached hydrogens (tertiary/aromatic N) is 2. The highest BCUT2D eigenvalue weighted by atomic mass is 79.9. The molecule has 1 N–H and O–H groups in total. The van der Waals surface area contributed by atoms with Crippen LogP contribution in [0.1, 0.15) is 19.0 Å². The van der Waals surface area contributed by atoms with E-state index in [1.165, 1.54) is 12.1 Å². The molecule has 0 aliphatic heterocycles. The number of nitrogens with one attached hydrogen (secondary N) is 1. The van der Waals surface area contributed by atoms with Gasteiger partial charge in [0.2, 0.25) is 0 Å². The van der Waals surface area contributed by atoms with E-state index in [1.54, 1.807) is 19.2 Å². The third-order valence-electron chi connectivity index (χ3n) is 2.83. The minimum atomic E-state index is -0.310. The Morgan fingerprint density at radius 1 is 1.33 bits per heavy atom. The molecule has 2 aromatic rings. The number of anilines is 1. The summed E-state index contributed by atoms with van der Waals surface area (Å²) < 4.78 is 19.3. The van der Waals surface area contributed by atoms with Gasteiger partial charge in [-0.05, 0) is 34.5 Å². The van der Waals surface area contributed by atoms with Crippen LogP contribution in [0.25, 0.3) is 11.4 Å². The van der Waals surface area contributed by atoms with Crippen molar-refractivity contribution < 1.29 is 9.13 Å².